The second kappa shape index (κ2) is 7.36. The van der Waals surface area contributed by atoms with Crippen LogP contribution in [0.1, 0.15) is 5.56 Å². The Hall–Kier alpha value is -3.55. The predicted octanol–water partition coefficient (Wildman–Crippen LogP) is 4.00. The minimum Gasteiger partial charge on any atom is -0.435 e. The van der Waals surface area contributed by atoms with Crippen LogP contribution in [0.4, 0.5) is 14.6 Å². The second-order valence-electron chi connectivity index (χ2n) is 5.74. The van der Waals surface area contributed by atoms with Crippen molar-refractivity contribution in [3.8, 4) is 17.1 Å². The predicted molar refractivity (Wildman–Crippen MR) is 96.6 cm³/mol. The summed E-state index contributed by atoms with van der Waals surface area (Å²) < 4.78 is 30.7. The van der Waals surface area contributed by atoms with Crippen LogP contribution in [0.15, 0.2) is 67.0 Å². The topological polar surface area (TPSA) is 64.3 Å². The van der Waals surface area contributed by atoms with Gasteiger partial charge in [0, 0.05) is 24.5 Å². The van der Waals surface area contributed by atoms with Crippen LogP contribution in [-0.4, -0.2) is 26.2 Å². The molecule has 2 aromatic heterocycles. The summed E-state index contributed by atoms with van der Waals surface area (Å²) in [6, 6.07) is 16.2. The minimum absolute atomic E-state index is 0.0921. The van der Waals surface area contributed by atoms with Crippen LogP contribution in [-0.2, 0) is 6.54 Å². The number of aromatic nitrogens is 4. The minimum atomic E-state index is -2.85. The summed E-state index contributed by atoms with van der Waals surface area (Å²) in [5, 5.41) is 11.7. The van der Waals surface area contributed by atoms with Gasteiger partial charge in [0.25, 0.3) is 0 Å². The van der Waals surface area contributed by atoms with E-state index in [0.29, 0.717) is 23.8 Å². The summed E-state index contributed by atoms with van der Waals surface area (Å²) in [6.07, 6.45) is 3.41. The fourth-order valence-corrected chi connectivity index (χ4v) is 2.71. The van der Waals surface area contributed by atoms with Crippen LogP contribution in [0.5, 0.6) is 5.75 Å². The summed E-state index contributed by atoms with van der Waals surface area (Å²) in [5.41, 5.74) is 2.43. The Labute approximate surface area is 153 Å². The fourth-order valence-electron chi connectivity index (χ4n) is 2.71. The smallest absolute Gasteiger partial charge is 0.387 e. The molecule has 0 unspecified atom stereocenters. The lowest BCUT2D eigenvalue weighted by Gasteiger charge is -2.07. The van der Waals surface area contributed by atoms with E-state index in [1.54, 1.807) is 28.9 Å². The maximum absolute atomic E-state index is 12.3. The van der Waals surface area contributed by atoms with Gasteiger partial charge in [0.2, 0.25) is 5.65 Å². The Kier molecular flexibility index (Phi) is 4.61. The van der Waals surface area contributed by atoms with Crippen molar-refractivity contribution in [1.29, 1.82) is 0 Å². The number of fused-ring (bicyclic) bond motifs is 1. The van der Waals surface area contributed by atoms with Gasteiger partial charge in [-0.15, -0.1) is 10.2 Å². The number of anilines is 1. The molecule has 0 saturated carbocycles. The molecule has 0 amide bonds. The number of alkyl halides is 2. The lowest BCUT2D eigenvalue weighted by molar-refractivity contribution is -0.0498. The van der Waals surface area contributed by atoms with E-state index in [0.717, 1.165) is 11.1 Å². The van der Waals surface area contributed by atoms with Crippen molar-refractivity contribution in [2.75, 3.05) is 5.32 Å². The quantitative estimate of drug-likeness (QED) is 0.558. The van der Waals surface area contributed by atoms with Crippen molar-refractivity contribution in [1.82, 2.24) is 19.6 Å². The molecular weight excluding hydrogens is 352 g/mol. The number of hydrogen-bond donors (Lipinski definition) is 1. The molecule has 6 nitrogen and oxygen atoms in total. The Morgan fingerprint density at radius 3 is 2.52 bits per heavy atom. The highest BCUT2D eigenvalue weighted by Gasteiger charge is 2.12. The van der Waals surface area contributed by atoms with E-state index >= 15 is 0 Å². The first kappa shape index (κ1) is 16.9. The zero-order valence-corrected chi connectivity index (χ0v) is 14.1. The van der Waals surface area contributed by atoms with E-state index < -0.39 is 6.61 Å². The van der Waals surface area contributed by atoms with Gasteiger partial charge in [-0.1, -0.05) is 30.3 Å². The van der Waals surface area contributed by atoms with E-state index in [4.69, 9.17) is 0 Å². The average Bonchev–Trinajstić information content (AvgIpc) is 3.12. The Morgan fingerprint density at radius 2 is 1.78 bits per heavy atom. The maximum Gasteiger partial charge on any atom is 0.387 e. The molecule has 27 heavy (non-hydrogen) atoms. The van der Waals surface area contributed by atoms with E-state index in [-0.39, 0.29) is 5.75 Å². The molecule has 2 aromatic carbocycles. The number of benzene rings is 2. The Morgan fingerprint density at radius 1 is 1.00 bits per heavy atom. The first-order valence-electron chi connectivity index (χ1n) is 8.23. The molecule has 8 heteroatoms. The van der Waals surface area contributed by atoms with E-state index in [2.05, 4.69) is 25.2 Å². The first-order valence-corrected chi connectivity index (χ1v) is 8.23. The van der Waals surface area contributed by atoms with Crippen molar-refractivity contribution in [2.45, 2.75) is 13.2 Å². The number of hydrogen-bond acceptors (Lipinski definition) is 5. The van der Waals surface area contributed by atoms with Crippen molar-refractivity contribution in [3.05, 3.63) is 72.6 Å². The molecule has 1 N–H and O–H groups in total. The van der Waals surface area contributed by atoms with Gasteiger partial charge in [0.05, 0.1) is 0 Å². The van der Waals surface area contributed by atoms with Gasteiger partial charge in [-0.3, -0.25) is 4.40 Å². The molecule has 2 heterocycles. The molecule has 0 aliphatic carbocycles. The highest BCUT2D eigenvalue weighted by Crippen LogP contribution is 2.24. The van der Waals surface area contributed by atoms with Crippen molar-refractivity contribution >= 4 is 11.5 Å². The zero-order chi connectivity index (χ0) is 18.6. The molecule has 0 fully saturated rings. The highest BCUT2D eigenvalue weighted by atomic mass is 19.3. The average molecular weight is 367 g/mol. The molecule has 4 aromatic rings. The van der Waals surface area contributed by atoms with E-state index in [1.807, 2.05) is 30.3 Å². The Balaban J connectivity index is 1.60. The lowest BCUT2D eigenvalue weighted by Crippen LogP contribution is -2.04. The van der Waals surface area contributed by atoms with E-state index in [9.17, 15) is 8.78 Å². The summed E-state index contributed by atoms with van der Waals surface area (Å²) in [7, 11) is 0. The standard InChI is InChI=1S/C19H15F2N5O/c20-19(21)27-15-8-6-14(7-9-15)17-24-25-18-16(22-10-11-26(17)18)23-12-13-4-2-1-3-5-13/h1-11,19H,12H2,(H,22,23). The molecule has 136 valence electrons. The van der Waals surface area contributed by atoms with Gasteiger partial charge in [-0.25, -0.2) is 4.98 Å². The number of halogens is 2. The van der Waals surface area contributed by atoms with Gasteiger partial charge in [-0.05, 0) is 29.8 Å². The van der Waals surface area contributed by atoms with Crippen molar-refractivity contribution < 1.29 is 13.5 Å². The number of nitrogens with zero attached hydrogens (tertiary/aromatic N) is 4. The fraction of sp³-hybridized carbons (Fsp3) is 0.105. The normalized spacial score (nSPS) is 11.1. The third-order valence-corrected chi connectivity index (χ3v) is 3.97. The van der Waals surface area contributed by atoms with Gasteiger partial charge in [-0.2, -0.15) is 8.78 Å². The first-order chi connectivity index (χ1) is 13.2. The number of ether oxygens (including phenoxy) is 1. The highest BCUT2D eigenvalue weighted by molar-refractivity contribution is 5.68. The van der Waals surface area contributed by atoms with Crippen molar-refractivity contribution in [3.63, 3.8) is 0 Å². The largest absolute Gasteiger partial charge is 0.435 e. The third-order valence-electron chi connectivity index (χ3n) is 3.97. The SMILES string of the molecule is FC(F)Oc1ccc(-c2nnc3c(NCc4ccccc4)nccn23)cc1. The lowest BCUT2D eigenvalue weighted by atomic mass is 10.2. The third kappa shape index (κ3) is 3.69. The van der Waals surface area contributed by atoms with Crippen LogP contribution in [0.2, 0.25) is 0 Å². The van der Waals surface area contributed by atoms with Gasteiger partial charge in [0.1, 0.15) is 5.75 Å². The molecule has 0 aliphatic rings. The molecule has 0 saturated heterocycles. The van der Waals surface area contributed by atoms with E-state index in [1.165, 1.54) is 12.1 Å². The van der Waals surface area contributed by atoms with Gasteiger partial charge >= 0.3 is 6.61 Å². The zero-order valence-electron chi connectivity index (χ0n) is 14.1. The number of rotatable bonds is 6. The Bertz CT molecular complexity index is 1040. The molecule has 0 atom stereocenters. The van der Waals surface area contributed by atoms with Gasteiger partial charge in [0.15, 0.2) is 11.6 Å². The molecule has 0 bridgehead atoms. The number of nitrogens with one attached hydrogen (secondary N) is 1. The van der Waals surface area contributed by atoms with Crippen LogP contribution >= 0.6 is 0 Å². The molecule has 4 rings (SSSR count). The summed E-state index contributed by atoms with van der Waals surface area (Å²) in [4.78, 5) is 4.34. The van der Waals surface area contributed by atoms with Crippen molar-refractivity contribution in [2.24, 2.45) is 0 Å². The monoisotopic (exact) mass is 367 g/mol. The maximum atomic E-state index is 12.3. The molecular formula is C19H15F2N5O. The molecule has 0 radical (unpaired) electrons. The van der Waals surface area contributed by atoms with Gasteiger partial charge < -0.3 is 10.1 Å². The van der Waals surface area contributed by atoms with Crippen LogP contribution in [0, 0.1) is 0 Å². The second-order valence-corrected chi connectivity index (χ2v) is 5.74. The van der Waals surface area contributed by atoms with Crippen LogP contribution < -0.4 is 10.1 Å². The summed E-state index contributed by atoms with van der Waals surface area (Å²) in [6.45, 7) is -2.25. The summed E-state index contributed by atoms with van der Waals surface area (Å²) >= 11 is 0. The van der Waals surface area contributed by atoms with Crippen LogP contribution in [0.25, 0.3) is 17.0 Å². The van der Waals surface area contributed by atoms with Crippen LogP contribution in [0.3, 0.4) is 0 Å². The molecule has 0 spiro atoms. The molecule has 0 aliphatic heterocycles. The summed E-state index contributed by atoms with van der Waals surface area (Å²) in [5.74, 6) is 1.28.